The van der Waals surface area contributed by atoms with E-state index in [1.54, 1.807) is 0 Å². The fourth-order valence-electron chi connectivity index (χ4n) is 3.68. The van der Waals surface area contributed by atoms with E-state index in [9.17, 15) is 14.7 Å². The molecule has 0 radical (unpaired) electrons. The Morgan fingerprint density at radius 3 is 2.62 bits per heavy atom. The lowest BCUT2D eigenvalue weighted by Gasteiger charge is -2.36. The first kappa shape index (κ1) is 16.6. The van der Waals surface area contributed by atoms with Gasteiger partial charge in [-0.1, -0.05) is 25.1 Å². The largest absolute Gasteiger partial charge is 0.480 e. The van der Waals surface area contributed by atoms with Crippen molar-refractivity contribution in [1.82, 2.24) is 10.3 Å². The van der Waals surface area contributed by atoms with Crippen LogP contribution in [0.5, 0.6) is 0 Å². The number of carbonyl (C=O) groups excluding carboxylic acids is 1. The topological polar surface area (TPSA) is 82.2 Å². The lowest BCUT2D eigenvalue weighted by Crippen LogP contribution is -2.56. The summed E-state index contributed by atoms with van der Waals surface area (Å²) < 4.78 is 0. The predicted octanol–water partition coefficient (Wildman–Crippen LogP) is 3.17. The molecule has 1 aliphatic carbocycles. The fourth-order valence-corrected chi connectivity index (χ4v) is 3.68. The van der Waals surface area contributed by atoms with Crippen LogP contribution >= 0.6 is 0 Å². The molecule has 1 fully saturated rings. The van der Waals surface area contributed by atoms with Gasteiger partial charge in [0.1, 0.15) is 5.54 Å². The van der Waals surface area contributed by atoms with Gasteiger partial charge >= 0.3 is 5.97 Å². The number of amides is 1. The van der Waals surface area contributed by atoms with E-state index in [0.29, 0.717) is 18.8 Å². The molecule has 3 N–H and O–H groups in total. The zero-order valence-electron chi connectivity index (χ0n) is 14.2. The molecule has 0 atom stereocenters. The minimum absolute atomic E-state index is 0.195. The van der Waals surface area contributed by atoms with Crippen LogP contribution in [0.4, 0.5) is 0 Å². The molecule has 1 amide bonds. The Balaban J connectivity index is 1.79. The van der Waals surface area contributed by atoms with Gasteiger partial charge in [0.25, 0.3) is 0 Å². The molecule has 1 aliphatic rings. The van der Waals surface area contributed by atoms with Gasteiger partial charge in [-0.15, -0.1) is 0 Å². The molecule has 5 heteroatoms. The number of rotatable bonds is 4. The van der Waals surface area contributed by atoms with E-state index in [4.69, 9.17) is 0 Å². The maximum absolute atomic E-state index is 12.6. The highest BCUT2D eigenvalue weighted by Gasteiger charge is 2.42. The number of carbonyl (C=O) groups is 2. The summed E-state index contributed by atoms with van der Waals surface area (Å²) in [5, 5.41) is 13.5. The van der Waals surface area contributed by atoms with Crippen LogP contribution in [0.3, 0.4) is 0 Å². The number of carboxylic acid groups (broad SMARTS) is 1. The zero-order valence-corrected chi connectivity index (χ0v) is 14.2. The van der Waals surface area contributed by atoms with Crippen LogP contribution in [-0.2, 0) is 16.0 Å². The number of aryl methyl sites for hydroxylation is 1. The smallest absolute Gasteiger partial charge is 0.329 e. The van der Waals surface area contributed by atoms with Crippen molar-refractivity contribution in [2.24, 2.45) is 5.92 Å². The lowest BCUT2D eigenvalue weighted by molar-refractivity contribution is -0.149. The van der Waals surface area contributed by atoms with Gasteiger partial charge in [0, 0.05) is 16.6 Å². The maximum Gasteiger partial charge on any atom is 0.329 e. The molecule has 1 aromatic heterocycles. The van der Waals surface area contributed by atoms with Crippen molar-refractivity contribution < 1.29 is 14.7 Å². The van der Waals surface area contributed by atoms with Crippen molar-refractivity contribution >= 4 is 22.8 Å². The van der Waals surface area contributed by atoms with E-state index in [-0.39, 0.29) is 12.3 Å². The van der Waals surface area contributed by atoms with E-state index < -0.39 is 11.5 Å². The molecule has 1 saturated carbocycles. The van der Waals surface area contributed by atoms with Crippen molar-refractivity contribution in [3.63, 3.8) is 0 Å². The predicted molar refractivity (Wildman–Crippen MR) is 92.9 cm³/mol. The number of H-pyrrole nitrogens is 1. The first-order chi connectivity index (χ1) is 11.4. The SMILES string of the molecule is Cc1[nH]c2ccccc2c1CC(=O)NC1(C(=O)O)CCC(C)CC1. The summed E-state index contributed by atoms with van der Waals surface area (Å²) >= 11 is 0. The number of aliphatic carboxylic acids is 1. The molecule has 128 valence electrons. The van der Waals surface area contributed by atoms with Crippen molar-refractivity contribution in [2.45, 2.75) is 51.5 Å². The van der Waals surface area contributed by atoms with E-state index in [0.717, 1.165) is 35.0 Å². The summed E-state index contributed by atoms with van der Waals surface area (Å²) in [4.78, 5) is 27.6. The number of para-hydroxylation sites is 1. The average Bonchev–Trinajstić information content (AvgIpc) is 2.85. The molecule has 24 heavy (non-hydrogen) atoms. The Kier molecular flexibility index (Phi) is 4.35. The average molecular weight is 328 g/mol. The molecule has 1 aromatic carbocycles. The monoisotopic (exact) mass is 328 g/mol. The van der Waals surface area contributed by atoms with E-state index >= 15 is 0 Å². The van der Waals surface area contributed by atoms with Gasteiger partial charge in [0.2, 0.25) is 5.91 Å². The third-order valence-corrected chi connectivity index (χ3v) is 5.28. The molecule has 2 aromatic rings. The molecule has 0 saturated heterocycles. The van der Waals surface area contributed by atoms with Crippen molar-refractivity contribution in [3.8, 4) is 0 Å². The molecular formula is C19H24N2O3. The quantitative estimate of drug-likeness (QED) is 0.806. The minimum atomic E-state index is -1.11. The maximum atomic E-state index is 12.6. The van der Waals surface area contributed by atoms with Crippen molar-refractivity contribution in [1.29, 1.82) is 0 Å². The van der Waals surface area contributed by atoms with Gasteiger partial charge in [-0.05, 0) is 50.2 Å². The highest BCUT2D eigenvalue weighted by molar-refractivity contribution is 5.92. The molecule has 0 aliphatic heterocycles. The van der Waals surface area contributed by atoms with Gasteiger partial charge in [-0.2, -0.15) is 0 Å². The summed E-state index contributed by atoms with van der Waals surface area (Å²) in [6, 6.07) is 7.85. The summed E-state index contributed by atoms with van der Waals surface area (Å²) in [5.74, 6) is -0.622. The number of aromatic nitrogens is 1. The lowest BCUT2D eigenvalue weighted by atomic mass is 9.77. The van der Waals surface area contributed by atoms with Crippen LogP contribution < -0.4 is 5.32 Å². The van der Waals surface area contributed by atoms with Gasteiger partial charge in [0.05, 0.1) is 6.42 Å². The number of benzene rings is 1. The third-order valence-electron chi connectivity index (χ3n) is 5.28. The summed E-state index contributed by atoms with van der Waals surface area (Å²) in [6.45, 7) is 4.07. The summed E-state index contributed by atoms with van der Waals surface area (Å²) in [5.41, 5.74) is 1.78. The summed E-state index contributed by atoms with van der Waals surface area (Å²) in [6.07, 6.45) is 2.86. The normalized spacial score (nSPS) is 24.0. The second-order valence-electron chi connectivity index (χ2n) is 7.07. The Morgan fingerprint density at radius 1 is 1.29 bits per heavy atom. The molecule has 1 heterocycles. The first-order valence-electron chi connectivity index (χ1n) is 8.52. The number of hydrogen-bond donors (Lipinski definition) is 3. The zero-order chi connectivity index (χ0) is 17.3. The second-order valence-corrected chi connectivity index (χ2v) is 7.07. The Morgan fingerprint density at radius 2 is 1.96 bits per heavy atom. The Bertz CT molecular complexity index is 770. The molecule has 0 bridgehead atoms. The van der Waals surface area contributed by atoms with Gasteiger partial charge in [0.15, 0.2) is 0 Å². The molecule has 0 spiro atoms. The van der Waals surface area contributed by atoms with Gasteiger partial charge < -0.3 is 15.4 Å². The number of carboxylic acids is 1. The van der Waals surface area contributed by atoms with Gasteiger partial charge in [-0.3, -0.25) is 4.79 Å². The van der Waals surface area contributed by atoms with Crippen molar-refractivity contribution in [3.05, 3.63) is 35.5 Å². The van der Waals surface area contributed by atoms with E-state index in [2.05, 4.69) is 17.2 Å². The number of nitrogens with one attached hydrogen (secondary N) is 2. The molecule has 3 rings (SSSR count). The summed E-state index contributed by atoms with van der Waals surface area (Å²) in [7, 11) is 0. The Hall–Kier alpha value is -2.30. The number of fused-ring (bicyclic) bond motifs is 1. The van der Waals surface area contributed by atoms with Crippen molar-refractivity contribution in [2.75, 3.05) is 0 Å². The van der Waals surface area contributed by atoms with Crippen LogP contribution in [0, 0.1) is 12.8 Å². The third kappa shape index (κ3) is 3.03. The highest BCUT2D eigenvalue weighted by atomic mass is 16.4. The standard InChI is InChI=1S/C19H24N2O3/c1-12-7-9-19(10-8-12,18(23)24)21-17(22)11-15-13(2)20-16-6-4-3-5-14(15)16/h3-6,12,20H,7-11H2,1-2H3,(H,21,22)(H,23,24). The van der Waals surface area contributed by atoms with E-state index in [1.165, 1.54) is 0 Å². The van der Waals surface area contributed by atoms with Crippen LogP contribution in [0.2, 0.25) is 0 Å². The van der Waals surface area contributed by atoms with Crippen LogP contribution in [0.15, 0.2) is 24.3 Å². The molecular weight excluding hydrogens is 304 g/mol. The first-order valence-corrected chi connectivity index (χ1v) is 8.52. The second kappa shape index (κ2) is 6.30. The minimum Gasteiger partial charge on any atom is -0.480 e. The Labute approximate surface area is 141 Å². The van der Waals surface area contributed by atoms with Crippen LogP contribution in [0.25, 0.3) is 10.9 Å². The fraction of sp³-hybridized carbons (Fsp3) is 0.474. The number of aromatic amines is 1. The van der Waals surface area contributed by atoms with Gasteiger partial charge in [-0.25, -0.2) is 4.79 Å². The van der Waals surface area contributed by atoms with Crippen LogP contribution in [0.1, 0.15) is 43.9 Å². The molecule has 0 unspecified atom stereocenters. The molecule has 5 nitrogen and oxygen atoms in total. The van der Waals surface area contributed by atoms with Crippen LogP contribution in [-0.4, -0.2) is 27.5 Å². The number of hydrogen-bond acceptors (Lipinski definition) is 2. The van der Waals surface area contributed by atoms with E-state index in [1.807, 2.05) is 31.2 Å². The highest BCUT2D eigenvalue weighted by Crippen LogP contribution is 2.32.